The van der Waals surface area contributed by atoms with Gasteiger partial charge in [-0.2, -0.15) is 0 Å². The Morgan fingerprint density at radius 1 is 1.24 bits per heavy atom. The van der Waals surface area contributed by atoms with Gasteiger partial charge >= 0.3 is 0 Å². The van der Waals surface area contributed by atoms with Crippen LogP contribution >= 0.6 is 0 Å². The molecule has 0 aliphatic rings. The second-order valence-electron chi connectivity index (χ2n) is 5.17. The number of hydroxylamine groups is 1. The van der Waals surface area contributed by atoms with Gasteiger partial charge in [0.15, 0.2) is 0 Å². The number of methoxy groups -OCH3 is 1. The normalized spacial score (nSPS) is 11.4. The number of ether oxygens (including phenoxy) is 1. The molecule has 4 heteroatoms. The Morgan fingerprint density at radius 3 is 2.35 bits per heavy atom. The van der Waals surface area contributed by atoms with Gasteiger partial charge in [0.2, 0.25) is 0 Å². The van der Waals surface area contributed by atoms with Crippen molar-refractivity contribution < 1.29 is 9.57 Å². The molecule has 0 bridgehead atoms. The van der Waals surface area contributed by atoms with Crippen LogP contribution in [-0.2, 0) is 4.84 Å². The minimum Gasteiger partial charge on any atom is -0.495 e. The molecule has 0 atom stereocenters. The van der Waals surface area contributed by atoms with Crippen LogP contribution in [0.3, 0.4) is 0 Å². The summed E-state index contributed by atoms with van der Waals surface area (Å²) < 4.78 is 5.20. The molecule has 0 saturated carbocycles. The first-order chi connectivity index (χ1) is 7.89. The van der Waals surface area contributed by atoms with Crippen LogP contribution in [0.2, 0.25) is 0 Å². The average Bonchev–Trinajstić information content (AvgIpc) is 2.25. The third-order valence-electron chi connectivity index (χ3n) is 2.37. The summed E-state index contributed by atoms with van der Waals surface area (Å²) in [4.78, 5) is 5.39. The van der Waals surface area contributed by atoms with E-state index in [0.717, 1.165) is 12.2 Å². The highest BCUT2D eigenvalue weighted by molar-refractivity contribution is 5.73. The van der Waals surface area contributed by atoms with Crippen molar-refractivity contribution in [2.45, 2.75) is 20.8 Å². The Hall–Kier alpha value is -1.42. The molecule has 17 heavy (non-hydrogen) atoms. The highest BCUT2D eigenvalue weighted by Crippen LogP contribution is 2.33. The Morgan fingerprint density at radius 2 is 1.88 bits per heavy atom. The fraction of sp³-hybridized carbons (Fsp3) is 0.538. The monoisotopic (exact) mass is 238 g/mol. The first-order valence-electron chi connectivity index (χ1n) is 5.63. The maximum atomic E-state index is 6.04. The lowest BCUT2D eigenvalue weighted by Gasteiger charge is -2.30. The zero-order chi connectivity index (χ0) is 13.1. The molecule has 0 fully saturated rings. The summed E-state index contributed by atoms with van der Waals surface area (Å²) in [6.07, 6.45) is 0. The first-order valence-corrected chi connectivity index (χ1v) is 5.63. The largest absolute Gasteiger partial charge is 0.495 e. The molecule has 0 spiro atoms. The van der Waals surface area contributed by atoms with Gasteiger partial charge in [-0.1, -0.05) is 26.8 Å². The Kier molecular flexibility index (Phi) is 4.23. The molecule has 1 rings (SSSR count). The predicted molar refractivity (Wildman–Crippen MR) is 71.2 cm³/mol. The van der Waals surface area contributed by atoms with Gasteiger partial charge < -0.3 is 10.5 Å². The van der Waals surface area contributed by atoms with Crippen molar-refractivity contribution in [2.24, 2.45) is 5.41 Å². The van der Waals surface area contributed by atoms with E-state index >= 15 is 0 Å². The van der Waals surface area contributed by atoms with Crippen LogP contribution in [0.5, 0.6) is 5.75 Å². The summed E-state index contributed by atoms with van der Waals surface area (Å²) >= 11 is 0. The van der Waals surface area contributed by atoms with Gasteiger partial charge in [0.05, 0.1) is 26.5 Å². The van der Waals surface area contributed by atoms with Gasteiger partial charge in [0.25, 0.3) is 0 Å². The molecule has 0 aromatic heterocycles. The van der Waals surface area contributed by atoms with E-state index in [0.29, 0.717) is 11.4 Å². The number of hydrogen-bond acceptors (Lipinski definition) is 4. The van der Waals surface area contributed by atoms with Gasteiger partial charge in [0.1, 0.15) is 11.4 Å². The summed E-state index contributed by atoms with van der Waals surface area (Å²) in [7, 11) is 3.25. The number of benzene rings is 1. The number of anilines is 2. The van der Waals surface area contributed by atoms with Crippen LogP contribution < -0.4 is 15.5 Å². The van der Waals surface area contributed by atoms with Crippen LogP contribution in [0.25, 0.3) is 0 Å². The number of nitrogens with two attached hydrogens (primary N) is 1. The minimum absolute atomic E-state index is 0.117. The molecule has 0 unspecified atom stereocenters. The highest BCUT2D eigenvalue weighted by Gasteiger charge is 2.19. The number of nitrogen functional groups attached to an aromatic ring is 1. The topological polar surface area (TPSA) is 47.7 Å². The van der Waals surface area contributed by atoms with Crippen LogP contribution in [-0.4, -0.2) is 20.8 Å². The van der Waals surface area contributed by atoms with Gasteiger partial charge in [-0.15, -0.1) is 0 Å². The lowest BCUT2D eigenvalue weighted by atomic mass is 9.96. The van der Waals surface area contributed by atoms with Crippen molar-refractivity contribution in [3.8, 4) is 5.75 Å². The van der Waals surface area contributed by atoms with E-state index in [1.165, 1.54) is 0 Å². The van der Waals surface area contributed by atoms with Crippen LogP contribution in [0.1, 0.15) is 20.8 Å². The van der Waals surface area contributed by atoms with E-state index < -0.39 is 0 Å². The maximum Gasteiger partial charge on any atom is 0.143 e. The molecule has 1 aromatic carbocycles. The molecule has 0 radical (unpaired) electrons. The standard InChI is InChI=1S/C13H22N2O2/c1-13(2,3)9-15(17-5)10-7-6-8-11(16-4)12(10)14/h6-8H,9,14H2,1-5H3. The zero-order valence-electron chi connectivity index (χ0n) is 11.3. The summed E-state index contributed by atoms with van der Waals surface area (Å²) in [5, 5.41) is 1.79. The lowest BCUT2D eigenvalue weighted by molar-refractivity contribution is 0.141. The smallest absolute Gasteiger partial charge is 0.143 e. The van der Waals surface area contributed by atoms with E-state index in [1.807, 2.05) is 18.2 Å². The molecule has 96 valence electrons. The molecule has 0 aliphatic carbocycles. The summed E-state index contributed by atoms with van der Waals surface area (Å²) in [5.41, 5.74) is 7.59. The minimum atomic E-state index is 0.117. The second kappa shape index (κ2) is 5.27. The van der Waals surface area contributed by atoms with E-state index in [-0.39, 0.29) is 5.41 Å². The van der Waals surface area contributed by atoms with Gasteiger partial charge in [-0.05, 0) is 17.5 Å². The fourth-order valence-corrected chi connectivity index (χ4v) is 1.61. The number of rotatable bonds is 4. The first kappa shape index (κ1) is 13.6. The van der Waals surface area contributed by atoms with E-state index in [1.54, 1.807) is 19.3 Å². The number of hydrogen-bond donors (Lipinski definition) is 1. The summed E-state index contributed by atoms with van der Waals surface area (Å²) in [6, 6.07) is 5.66. The van der Waals surface area contributed by atoms with Crippen LogP contribution in [0.15, 0.2) is 18.2 Å². The molecule has 4 nitrogen and oxygen atoms in total. The van der Waals surface area contributed by atoms with Crippen LogP contribution in [0.4, 0.5) is 11.4 Å². The maximum absolute atomic E-state index is 6.04. The van der Waals surface area contributed by atoms with Gasteiger partial charge in [-0.25, -0.2) is 0 Å². The van der Waals surface area contributed by atoms with Crippen molar-refractivity contribution >= 4 is 11.4 Å². The average molecular weight is 238 g/mol. The molecule has 2 N–H and O–H groups in total. The Labute approximate surface area is 103 Å². The van der Waals surface area contributed by atoms with Gasteiger partial charge in [0, 0.05) is 0 Å². The molecular formula is C13H22N2O2. The molecule has 0 aliphatic heterocycles. The SMILES string of the molecule is COc1cccc(N(CC(C)(C)C)OC)c1N. The molecular weight excluding hydrogens is 216 g/mol. The van der Waals surface area contributed by atoms with Crippen molar-refractivity contribution in [3.63, 3.8) is 0 Å². The van der Waals surface area contributed by atoms with Crippen molar-refractivity contribution in [1.82, 2.24) is 0 Å². The Balaban J connectivity index is 3.04. The van der Waals surface area contributed by atoms with Crippen molar-refractivity contribution in [1.29, 1.82) is 0 Å². The number of para-hydroxylation sites is 1. The molecule has 0 heterocycles. The molecule has 1 aromatic rings. The molecule has 0 saturated heterocycles. The highest BCUT2D eigenvalue weighted by atomic mass is 16.7. The van der Waals surface area contributed by atoms with E-state index in [9.17, 15) is 0 Å². The predicted octanol–water partition coefficient (Wildman–Crippen LogP) is 2.69. The van der Waals surface area contributed by atoms with E-state index in [4.69, 9.17) is 15.3 Å². The fourth-order valence-electron chi connectivity index (χ4n) is 1.61. The summed E-state index contributed by atoms with van der Waals surface area (Å²) in [5.74, 6) is 0.665. The van der Waals surface area contributed by atoms with Crippen molar-refractivity contribution in [2.75, 3.05) is 31.6 Å². The number of nitrogens with zero attached hydrogens (tertiary/aromatic N) is 1. The summed E-state index contributed by atoms with van der Waals surface area (Å²) in [6.45, 7) is 7.20. The van der Waals surface area contributed by atoms with E-state index in [2.05, 4.69) is 20.8 Å². The molecule has 0 amide bonds. The second-order valence-corrected chi connectivity index (χ2v) is 5.17. The third-order valence-corrected chi connectivity index (χ3v) is 2.37. The lowest BCUT2D eigenvalue weighted by Crippen LogP contribution is -2.32. The quantitative estimate of drug-likeness (QED) is 0.647. The zero-order valence-corrected chi connectivity index (χ0v) is 11.3. The van der Waals surface area contributed by atoms with Crippen LogP contribution in [0, 0.1) is 5.41 Å². The third kappa shape index (κ3) is 3.53. The Bertz CT molecular complexity index is 372. The van der Waals surface area contributed by atoms with Crippen molar-refractivity contribution in [3.05, 3.63) is 18.2 Å². The van der Waals surface area contributed by atoms with Gasteiger partial charge in [-0.3, -0.25) is 9.90 Å².